The summed E-state index contributed by atoms with van der Waals surface area (Å²) < 4.78 is 13.9. The Labute approximate surface area is 182 Å². The molecule has 4 nitrogen and oxygen atoms in total. The van der Waals surface area contributed by atoms with E-state index in [0.29, 0.717) is 32.8 Å². The lowest BCUT2D eigenvalue weighted by Crippen LogP contribution is -2.27. The number of rotatable bonds is 10. The van der Waals surface area contributed by atoms with E-state index in [0.717, 1.165) is 36.8 Å². The van der Waals surface area contributed by atoms with Crippen molar-refractivity contribution in [3.8, 4) is 0 Å². The average Bonchev–Trinajstić information content (AvgIpc) is 2.76. The van der Waals surface area contributed by atoms with Crippen LogP contribution in [0.25, 0.3) is 0 Å². The van der Waals surface area contributed by atoms with E-state index < -0.39 is 11.9 Å². The number of carbonyl (C=O) groups excluding carboxylic acids is 2. The predicted octanol–water partition coefficient (Wildman–Crippen LogP) is 5.97. The fourth-order valence-electron chi connectivity index (χ4n) is 3.57. The topological polar surface area (TPSA) is 60.4 Å². The molecule has 2 rings (SSSR count). The monoisotopic (exact) mass is 430 g/mol. The number of ketones is 1. The Hall–Kier alpha value is -2.19. The highest BCUT2D eigenvalue weighted by Gasteiger charge is 2.32. The van der Waals surface area contributed by atoms with Crippen molar-refractivity contribution in [1.82, 2.24) is 0 Å². The zero-order valence-electron chi connectivity index (χ0n) is 18.6. The highest BCUT2D eigenvalue weighted by atomic mass is 31.0. The lowest BCUT2D eigenvalue weighted by atomic mass is 9.87. The molecule has 0 amide bonds. The quantitative estimate of drug-likeness (QED) is 0.202. The van der Waals surface area contributed by atoms with Gasteiger partial charge in [0.05, 0.1) is 15.7 Å². The zero-order valence-corrected chi connectivity index (χ0v) is 20.1. The summed E-state index contributed by atoms with van der Waals surface area (Å²) >= 11 is 0. The van der Waals surface area contributed by atoms with Gasteiger partial charge in [-0.1, -0.05) is 81.6 Å². The molecule has 2 aromatic rings. The molecule has 164 valence electrons. The number of hydrogen-bond acceptors (Lipinski definition) is 4. The van der Waals surface area contributed by atoms with Crippen molar-refractivity contribution < 1.29 is 18.9 Å². The molecule has 0 saturated carbocycles. The van der Waals surface area contributed by atoms with Gasteiger partial charge >= 0.3 is 5.97 Å². The average molecular weight is 431 g/mol. The Bertz CT molecular complexity index is 784. The summed E-state index contributed by atoms with van der Waals surface area (Å²) in [5.41, 5.74) is 3.06. The van der Waals surface area contributed by atoms with Crippen LogP contribution in [0.2, 0.25) is 0 Å². The summed E-state index contributed by atoms with van der Waals surface area (Å²) in [4.78, 5) is 26.4. The molecule has 0 saturated heterocycles. The number of aryl methyl sites for hydroxylation is 2. The van der Waals surface area contributed by atoms with Gasteiger partial charge in [-0.05, 0) is 42.9 Å². The number of esters is 1. The van der Waals surface area contributed by atoms with Crippen molar-refractivity contribution >= 4 is 20.9 Å². The van der Waals surface area contributed by atoms with Crippen LogP contribution in [0.15, 0.2) is 48.5 Å². The third-order valence-electron chi connectivity index (χ3n) is 5.36. The van der Waals surface area contributed by atoms with Crippen molar-refractivity contribution in [2.45, 2.75) is 59.3 Å². The molecule has 0 aliphatic heterocycles. The van der Waals surface area contributed by atoms with E-state index in [9.17, 15) is 9.59 Å². The number of carbonyl (C=O) groups is 2. The number of Topliss-reactive ketones (excluding diaryl/α,β-unsaturated/α-hetero) is 1. The van der Waals surface area contributed by atoms with Crippen molar-refractivity contribution in [3.05, 3.63) is 70.8 Å². The zero-order chi connectivity index (χ0) is 22.5. The maximum atomic E-state index is 13.4. The molecule has 0 heterocycles. The molecule has 0 spiro atoms. The fourth-order valence-corrected chi connectivity index (χ4v) is 3.57. The lowest BCUT2D eigenvalue weighted by molar-refractivity contribution is -0.145. The van der Waals surface area contributed by atoms with Crippen LogP contribution in [0.4, 0.5) is 0 Å². The van der Waals surface area contributed by atoms with Gasteiger partial charge in [0.2, 0.25) is 0 Å². The van der Waals surface area contributed by atoms with E-state index in [-0.39, 0.29) is 5.78 Å². The summed E-state index contributed by atoms with van der Waals surface area (Å²) in [6, 6.07) is 15.0. The van der Waals surface area contributed by atoms with Crippen LogP contribution >= 0.6 is 9.12 Å². The van der Waals surface area contributed by atoms with Gasteiger partial charge in [0.15, 0.2) is 5.78 Å². The van der Waals surface area contributed by atoms with Gasteiger partial charge in [-0.25, -0.2) is 0 Å². The summed E-state index contributed by atoms with van der Waals surface area (Å²) in [7, 11) is 0.611. The van der Waals surface area contributed by atoms with Crippen molar-refractivity contribution in [1.29, 1.82) is 0 Å². The van der Waals surface area contributed by atoms with Gasteiger partial charge in [0.1, 0.15) is 5.92 Å². The lowest BCUT2D eigenvalue weighted by Gasteiger charge is -2.20. The van der Waals surface area contributed by atoms with Gasteiger partial charge in [-0.2, -0.15) is 0 Å². The second-order valence-electron chi connectivity index (χ2n) is 7.52. The van der Waals surface area contributed by atoms with E-state index in [1.807, 2.05) is 62.4 Å². The first kappa shape index (κ1) is 25.8. The highest BCUT2D eigenvalue weighted by Crippen LogP contribution is 2.27. The van der Waals surface area contributed by atoms with E-state index in [1.54, 1.807) is 0 Å². The molecule has 3 atom stereocenters. The number of unbranched alkanes of at least 4 members (excludes halogenated alkanes) is 1. The van der Waals surface area contributed by atoms with Gasteiger partial charge in [-0.3, -0.25) is 9.59 Å². The fraction of sp³-hybridized carbons (Fsp3) is 0.440. The summed E-state index contributed by atoms with van der Waals surface area (Å²) in [6.07, 6.45) is 4.26. The molecule has 0 fully saturated rings. The molecule has 0 N–H and O–H groups in total. The Morgan fingerprint density at radius 2 is 1.53 bits per heavy atom. The first-order chi connectivity index (χ1) is 14.5. The summed E-state index contributed by atoms with van der Waals surface area (Å²) in [5.74, 6) is -1.22. The predicted molar refractivity (Wildman–Crippen MR) is 125 cm³/mol. The Kier molecular flexibility index (Phi) is 12.0. The molecule has 5 heteroatoms. The van der Waals surface area contributed by atoms with Crippen molar-refractivity contribution in [2.24, 2.45) is 5.92 Å². The second-order valence-corrected chi connectivity index (χ2v) is 7.52. The van der Waals surface area contributed by atoms with E-state index >= 15 is 0 Å². The van der Waals surface area contributed by atoms with Crippen LogP contribution in [-0.2, 0) is 14.1 Å². The van der Waals surface area contributed by atoms with E-state index in [1.165, 1.54) is 0 Å². The van der Waals surface area contributed by atoms with Crippen LogP contribution in [0.1, 0.15) is 72.5 Å². The molecule has 0 aromatic heterocycles. The molecule has 2 aromatic carbocycles. The normalized spacial score (nSPS) is 12.4. The second kappa shape index (κ2) is 13.9. The highest BCUT2D eigenvalue weighted by molar-refractivity contribution is 7.00. The van der Waals surface area contributed by atoms with Crippen LogP contribution in [-0.4, -0.2) is 18.4 Å². The van der Waals surface area contributed by atoms with Crippen molar-refractivity contribution in [3.63, 3.8) is 0 Å². The third kappa shape index (κ3) is 7.25. The van der Waals surface area contributed by atoms with Crippen LogP contribution < -0.4 is 0 Å². The van der Waals surface area contributed by atoms with Gasteiger partial charge in [0, 0.05) is 5.56 Å². The Balaban J connectivity index is 0.00000218. The first-order valence-electron chi connectivity index (χ1n) is 10.6. The van der Waals surface area contributed by atoms with Crippen LogP contribution in [0.5, 0.6) is 0 Å². The SMILES string of the molecule is CCCCC(CC)COC(=O)C(C(=O)c1c(C)cccc1C)c1ccccc1.O=[PH3]. The van der Waals surface area contributed by atoms with Crippen molar-refractivity contribution in [2.75, 3.05) is 6.61 Å². The summed E-state index contributed by atoms with van der Waals surface area (Å²) in [6.45, 7) is 8.47. The minimum absolute atomic E-state index is 0.187. The Morgan fingerprint density at radius 1 is 0.933 bits per heavy atom. The maximum absolute atomic E-state index is 13.4. The number of ether oxygens (including phenoxy) is 1. The molecule has 30 heavy (non-hydrogen) atoms. The standard InChI is InChI=1S/C25H32O3.H3OP/c1-5-7-14-20(6-2)17-28-25(27)23(21-15-9-8-10-16-21)24(26)22-18(3)12-11-13-19(22)4;1-2/h8-13,15-16,20,23H,5-7,14,17H2,1-4H3;2H3. The minimum atomic E-state index is -0.926. The smallest absolute Gasteiger partial charge is 0.321 e. The molecule has 0 aliphatic rings. The van der Waals surface area contributed by atoms with Gasteiger partial charge < -0.3 is 9.30 Å². The van der Waals surface area contributed by atoms with E-state index in [4.69, 9.17) is 9.30 Å². The van der Waals surface area contributed by atoms with Gasteiger partial charge in [0.25, 0.3) is 0 Å². The van der Waals surface area contributed by atoms with Crippen LogP contribution in [0.3, 0.4) is 0 Å². The Morgan fingerprint density at radius 3 is 2.07 bits per heavy atom. The molecule has 0 bridgehead atoms. The number of hydrogen-bond donors (Lipinski definition) is 0. The third-order valence-corrected chi connectivity index (χ3v) is 5.36. The number of benzene rings is 2. The molecular weight excluding hydrogens is 395 g/mol. The summed E-state index contributed by atoms with van der Waals surface area (Å²) in [5, 5.41) is 0. The van der Waals surface area contributed by atoms with E-state index in [2.05, 4.69) is 13.8 Å². The molecule has 0 radical (unpaired) electrons. The van der Waals surface area contributed by atoms with Gasteiger partial charge in [-0.15, -0.1) is 0 Å². The van der Waals surface area contributed by atoms with Crippen LogP contribution in [0, 0.1) is 19.8 Å². The largest absolute Gasteiger partial charge is 0.465 e. The minimum Gasteiger partial charge on any atom is -0.465 e. The maximum Gasteiger partial charge on any atom is 0.321 e. The first-order valence-corrected chi connectivity index (χ1v) is 11.2. The molecule has 0 aliphatic carbocycles. The molecular formula is C25H35O4P. The molecule has 3 unspecified atom stereocenters.